The van der Waals surface area contributed by atoms with Crippen LogP contribution >= 0.6 is 0 Å². The van der Waals surface area contributed by atoms with Crippen LogP contribution in [0.25, 0.3) is 0 Å². The zero-order valence-corrected chi connectivity index (χ0v) is 14.8. The van der Waals surface area contributed by atoms with Crippen molar-refractivity contribution in [3.63, 3.8) is 0 Å². The summed E-state index contributed by atoms with van der Waals surface area (Å²) in [4.78, 5) is 3.67. The highest BCUT2D eigenvalue weighted by atomic mass is 28.4. The number of hydrogen-bond acceptors (Lipinski definition) is 3. The highest BCUT2D eigenvalue weighted by molar-refractivity contribution is 6.84. The molecule has 0 radical (unpaired) electrons. The first kappa shape index (κ1) is 14.9. The van der Waals surface area contributed by atoms with Crippen molar-refractivity contribution >= 4 is 13.9 Å². The largest absolute Gasteiger partial charge is 0.365 e. The molecule has 5 heteroatoms. The predicted molar refractivity (Wildman–Crippen MR) is 93.2 cm³/mol. The third-order valence-corrected chi connectivity index (χ3v) is 10.9. The molecule has 0 bridgehead atoms. The zero-order chi connectivity index (χ0) is 14.8. The Hall–Kier alpha value is -0.623. The van der Waals surface area contributed by atoms with E-state index in [9.17, 15) is 0 Å². The van der Waals surface area contributed by atoms with Gasteiger partial charge >= 0.3 is 8.56 Å². The molecule has 0 amide bonds. The van der Waals surface area contributed by atoms with Crippen LogP contribution in [0.15, 0.2) is 18.3 Å². The quantitative estimate of drug-likeness (QED) is 0.858. The van der Waals surface area contributed by atoms with Crippen LogP contribution in [0, 0.1) is 0 Å². The Morgan fingerprint density at radius 3 is 1.55 bits per heavy atom. The van der Waals surface area contributed by atoms with Gasteiger partial charge in [-0.25, -0.2) is 0 Å². The number of aromatic nitrogens is 1. The van der Waals surface area contributed by atoms with E-state index in [1.165, 1.54) is 84.2 Å². The lowest BCUT2D eigenvalue weighted by Gasteiger charge is -2.52. The summed E-state index contributed by atoms with van der Waals surface area (Å²) in [6.07, 6.45) is 11.9. The van der Waals surface area contributed by atoms with Crippen LogP contribution in [-0.4, -0.2) is 66.5 Å². The van der Waals surface area contributed by atoms with E-state index in [-0.39, 0.29) is 0 Å². The summed E-state index contributed by atoms with van der Waals surface area (Å²) in [6.45, 7) is 7.82. The Balaban J connectivity index is 1.78. The molecule has 22 heavy (non-hydrogen) atoms. The summed E-state index contributed by atoms with van der Waals surface area (Å²) in [6, 6.07) is 4.60. The van der Waals surface area contributed by atoms with Gasteiger partial charge in [-0.15, -0.1) is 0 Å². The van der Waals surface area contributed by atoms with Gasteiger partial charge in [0.15, 0.2) is 0 Å². The van der Waals surface area contributed by atoms with E-state index in [4.69, 9.17) is 0 Å². The molecule has 0 spiro atoms. The molecule has 4 heterocycles. The molecule has 1 aromatic heterocycles. The SMILES string of the molecule is c1c[nH]c([Si](N2CCCCC2)(N2CCCC2)N2CCCC2)c1. The van der Waals surface area contributed by atoms with Crippen molar-refractivity contribution in [2.24, 2.45) is 0 Å². The maximum Gasteiger partial charge on any atom is 0.340 e. The molecule has 122 valence electrons. The summed E-state index contributed by atoms with van der Waals surface area (Å²) in [5, 5.41) is 1.54. The number of aromatic amines is 1. The number of nitrogens with zero attached hydrogens (tertiary/aromatic N) is 3. The Bertz CT molecular complexity index is 441. The lowest BCUT2D eigenvalue weighted by atomic mass is 10.2. The fourth-order valence-corrected chi connectivity index (χ4v) is 10.6. The fourth-order valence-electron chi connectivity index (χ4n) is 4.91. The highest BCUT2D eigenvalue weighted by Crippen LogP contribution is 2.30. The minimum absolute atomic E-state index is 1.30. The first-order valence-electron chi connectivity index (χ1n) is 9.31. The van der Waals surface area contributed by atoms with Gasteiger partial charge < -0.3 is 4.98 Å². The number of H-pyrrole nitrogens is 1. The number of hydrogen-bond donors (Lipinski definition) is 1. The third-order valence-electron chi connectivity index (χ3n) is 5.85. The van der Waals surface area contributed by atoms with Gasteiger partial charge in [0.05, 0.1) is 0 Å². The van der Waals surface area contributed by atoms with E-state index >= 15 is 0 Å². The first-order chi connectivity index (χ1) is 10.9. The van der Waals surface area contributed by atoms with Gasteiger partial charge in [0.2, 0.25) is 0 Å². The Labute approximate surface area is 135 Å². The van der Waals surface area contributed by atoms with Gasteiger partial charge in [0, 0.05) is 11.5 Å². The Morgan fingerprint density at radius 1 is 0.682 bits per heavy atom. The fraction of sp³-hybridized carbons (Fsp3) is 0.765. The second-order valence-corrected chi connectivity index (χ2v) is 10.9. The van der Waals surface area contributed by atoms with E-state index in [0.717, 1.165) is 0 Å². The van der Waals surface area contributed by atoms with Crippen LogP contribution in [0.1, 0.15) is 44.9 Å². The number of piperidine rings is 1. The van der Waals surface area contributed by atoms with Crippen LogP contribution in [0.5, 0.6) is 0 Å². The second kappa shape index (κ2) is 6.47. The highest BCUT2D eigenvalue weighted by Gasteiger charge is 2.55. The van der Waals surface area contributed by atoms with Gasteiger partial charge in [-0.3, -0.25) is 13.7 Å². The summed E-state index contributed by atoms with van der Waals surface area (Å²) in [5.74, 6) is 0. The first-order valence-corrected chi connectivity index (χ1v) is 11.2. The van der Waals surface area contributed by atoms with Crippen molar-refractivity contribution in [2.75, 3.05) is 39.3 Å². The molecule has 0 unspecified atom stereocenters. The Morgan fingerprint density at radius 2 is 1.14 bits per heavy atom. The van der Waals surface area contributed by atoms with Gasteiger partial charge in [-0.2, -0.15) is 0 Å². The Kier molecular flexibility index (Phi) is 4.40. The monoisotopic (exact) mass is 318 g/mol. The van der Waals surface area contributed by atoms with Crippen LogP contribution in [0.4, 0.5) is 0 Å². The van der Waals surface area contributed by atoms with E-state index < -0.39 is 8.56 Å². The molecule has 0 saturated carbocycles. The molecular formula is C17H30N4Si. The molecule has 3 fully saturated rings. The number of rotatable bonds is 4. The smallest absolute Gasteiger partial charge is 0.340 e. The van der Waals surface area contributed by atoms with Crippen molar-refractivity contribution in [3.8, 4) is 0 Å². The second-order valence-electron chi connectivity index (χ2n) is 7.16. The summed E-state index contributed by atoms with van der Waals surface area (Å²) in [5.41, 5.74) is 0. The van der Waals surface area contributed by atoms with E-state index in [1.807, 2.05) is 0 Å². The molecule has 0 aliphatic carbocycles. The summed E-state index contributed by atoms with van der Waals surface area (Å²) in [7, 11) is -1.91. The molecule has 0 atom stereocenters. The average molecular weight is 319 g/mol. The number of nitrogens with one attached hydrogen (secondary N) is 1. The lowest BCUT2D eigenvalue weighted by Crippen LogP contribution is -2.81. The van der Waals surface area contributed by atoms with E-state index in [0.29, 0.717) is 0 Å². The van der Waals surface area contributed by atoms with Crippen molar-refractivity contribution in [2.45, 2.75) is 44.9 Å². The van der Waals surface area contributed by atoms with Crippen molar-refractivity contribution in [3.05, 3.63) is 18.3 Å². The standard InChI is InChI=1S/C17H30N4Si/c1-2-11-19(12-3-1)22(17-9-8-10-18-17,20-13-4-5-14-20)21-15-6-7-16-21/h8-10,18H,1-7,11-16H2. The molecule has 3 saturated heterocycles. The normalized spacial score (nSPS) is 26.0. The van der Waals surface area contributed by atoms with Gasteiger partial charge in [0.25, 0.3) is 0 Å². The minimum atomic E-state index is -1.91. The van der Waals surface area contributed by atoms with Gasteiger partial charge in [-0.1, -0.05) is 6.42 Å². The average Bonchev–Trinajstić information content (AvgIpc) is 3.34. The van der Waals surface area contributed by atoms with Crippen LogP contribution in [0.2, 0.25) is 0 Å². The van der Waals surface area contributed by atoms with Crippen molar-refractivity contribution < 1.29 is 0 Å². The summed E-state index contributed by atoms with van der Waals surface area (Å²) < 4.78 is 8.75. The van der Waals surface area contributed by atoms with Crippen LogP contribution in [0.3, 0.4) is 0 Å². The topological polar surface area (TPSA) is 25.5 Å². The van der Waals surface area contributed by atoms with Crippen LogP contribution in [-0.2, 0) is 0 Å². The lowest BCUT2D eigenvalue weighted by molar-refractivity contribution is 0.255. The van der Waals surface area contributed by atoms with Gasteiger partial charge in [0.1, 0.15) is 0 Å². The van der Waals surface area contributed by atoms with Crippen LogP contribution < -0.4 is 5.32 Å². The maximum absolute atomic E-state index is 3.67. The predicted octanol–water partition coefficient (Wildman–Crippen LogP) is 1.84. The maximum atomic E-state index is 3.67. The van der Waals surface area contributed by atoms with Crippen molar-refractivity contribution in [1.82, 2.24) is 18.7 Å². The molecular weight excluding hydrogens is 288 g/mol. The minimum Gasteiger partial charge on any atom is -0.365 e. The zero-order valence-electron chi connectivity index (χ0n) is 13.8. The van der Waals surface area contributed by atoms with Gasteiger partial charge in [-0.05, 0) is 89.9 Å². The molecule has 0 aromatic carbocycles. The third kappa shape index (κ3) is 2.39. The summed E-state index contributed by atoms with van der Waals surface area (Å²) >= 11 is 0. The molecule has 1 aromatic rings. The molecule has 1 N–H and O–H groups in total. The molecule has 4 nitrogen and oxygen atoms in total. The molecule has 3 aliphatic rings. The van der Waals surface area contributed by atoms with E-state index in [1.54, 1.807) is 5.32 Å². The van der Waals surface area contributed by atoms with E-state index in [2.05, 4.69) is 37.0 Å². The molecule has 4 rings (SSSR count). The molecule has 3 aliphatic heterocycles. The van der Waals surface area contributed by atoms with Crippen molar-refractivity contribution in [1.29, 1.82) is 0 Å².